The number of aliphatic hydroxyl groups is 1. The molecule has 0 aliphatic carbocycles. The molecule has 0 saturated carbocycles. The van der Waals surface area contributed by atoms with Crippen molar-refractivity contribution in [3.63, 3.8) is 0 Å². The Labute approximate surface area is 122 Å². The first-order valence-corrected chi connectivity index (χ1v) is 7.24. The number of aliphatic hydroxyl groups excluding tert-OH is 1. The molecule has 1 atom stereocenters. The number of rotatable bonds is 15. The SMILES string of the molecule is CC(C)OCC(C)OCCOCCOCCOCCO. The molecule has 1 unspecified atom stereocenters. The van der Waals surface area contributed by atoms with Crippen molar-refractivity contribution in [2.24, 2.45) is 0 Å². The van der Waals surface area contributed by atoms with Gasteiger partial charge in [-0.05, 0) is 20.8 Å². The molecule has 20 heavy (non-hydrogen) atoms. The number of ether oxygens (including phenoxy) is 5. The van der Waals surface area contributed by atoms with Crippen LogP contribution in [0.1, 0.15) is 20.8 Å². The van der Waals surface area contributed by atoms with Gasteiger partial charge in [0.2, 0.25) is 0 Å². The maximum atomic E-state index is 8.48. The monoisotopic (exact) mass is 294 g/mol. The van der Waals surface area contributed by atoms with Crippen molar-refractivity contribution in [3.8, 4) is 0 Å². The van der Waals surface area contributed by atoms with E-state index in [2.05, 4.69) is 0 Å². The van der Waals surface area contributed by atoms with E-state index in [1.165, 1.54) is 0 Å². The van der Waals surface area contributed by atoms with Gasteiger partial charge < -0.3 is 28.8 Å². The first-order chi connectivity index (χ1) is 9.66. The minimum Gasteiger partial charge on any atom is -0.394 e. The molecule has 0 aromatic heterocycles. The highest BCUT2D eigenvalue weighted by atomic mass is 16.6. The van der Waals surface area contributed by atoms with Gasteiger partial charge in [-0.15, -0.1) is 0 Å². The molecule has 6 nitrogen and oxygen atoms in total. The van der Waals surface area contributed by atoms with Gasteiger partial charge in [0.15, 0.2) is 0 Å². The zero-order chi connectivity index (χ0) is 15.1. The molecule has 0 bridgehead atoms. The highest BCUT2D eigenvalue weighted by Crippen LogP contribution is 1.95. The minimum atomic E-state index is 0.0454. The smallest absolute Gasteiger partial charge is 0.0781 e. The zero-order valence-electron chi connectivity index (χ0n) is 13.0. The van der Waals surface area contributed by atoms with E-state index in [1.807, 2.05) is 20.8 Å². The summed E-state index contributed by atoms with van der Waals surface area (Å²) in [6.07, 6.45) is 0.316. The maximum absolute atomic E-state index is 8.48. The molecular formula is C14H30O6. The fourth-order valence-corrected chi connectivity index (χ4v) is 1.29. The fraction of sp³-hybridized carbons (Fsp3) is 1.00. The van der Waals surface area contributed by atoms with E-state index < -0.39 is 0 Å². The van der Waals surface area contributed by atoms with Crippen LogP contribution >= 0.6 is 0 Å². The lowest BCUT2D eigenvalue weighted by Gasteiger charge is -2.15. The van der Waals surface area contributed by atoms with E-state index in [1.54, 1.807) is 0 Å². The molecule has 0 aliphatic heterocycles. The lowest BCUT2D eigenvalue weighted by molar-refractivity contribution is -0.0497. The zero-order valence-corrected chi connectivity index (χ0v) is 13.0. The summed E-state index contributed by atoms with van der Waals surface area (Å²) in [6.45, 7) is 10.2. The van der Waals surface area contributed by atoms with Gasteiger partial charge in [0.05, 0.1) is 71.7 Å². The van der Waals surface area contributed by atoms with Crippen LogP contribution in [0.2, 0.25) is 0 Å². The Morgan fingerprint density at radius 3 is 1.70 bits per heavy atom. The lowest BCUT2D eigenvalue weighted by atomic mass is 10.4. The normalized spacial score (nSPS) is 13.1. The molecule has 0 aromatic carbocycles. The van der Waals surface area contributed by atoms with Crippen molar-refractivity contribution in [2.75, 3.05) is 59.5 Å². The van der Waals surface area contributed by atoms with E-state index in [0.717, 1.165) is 0 Å². The maximum Gasteiger partial charge on any atom is 0.0781 e. The van der Waals surface area contributed by atoms with Gasteiger partial charge in [-0.2, -0.15) is 0 Å². The van der Waals surface area contributed by atoms with Crippen LogP contribution in [0.25, 0.3) is 0 Å². The molecule has 0 fully saturated rings. The summed E-state index contributed by atoms with van der Waals surface area (Å²) in [5.74, 6) is 0. The van der Waals surface area contributed by atoms with Gasteiger partial charge in [0.25, 0.3) is 0 Å². The molecule has 122 valence electrons. The molecular weight excluding hydrogens is 264 g/mol. The first kappa shape index (κ1) is 19.8. The van der Waals surface area contributed by atoms with Crippen LogP contribution in [0.3, 0.4) is 0 Å². The summed E-state index contributed by atoms with van der Waals surface area (Å²) in [4.78, 5) is 0. The van der Waals surface area contributed by atoms with Gasteiger partial charge in [0, 0.05) is 0 Å². The van der Waals surface area contributed by atoms with Crippen LogP contribution in [0.5, 0.6) is 0 Å². The van der Waals surface area contributed by atoms with Crippen LogP contribution in [0, 0.1) is 0 Å². The van der Waals surface area contributed by atoms with Crippen molar-refractivity contribution in [1.29, 1.82) is 0 Å². The lowest BCUT2D eigenvalue weighted by Crippen LogP contribution is -2.21. The van der Waals surface area contributed by atoms with Crippen molar-refractivity contribution in [1.82, 2.24) is 0 Å². The highest BCUT2D eigenvalue weighted by Gasteiger charge is 2.03. The van der Waals surface area contributed by atoms with Crippen molar-refractivity contribution in [2.45, 2.75) is 33.0 Å². The Kier molecular flexibility index (Phi) is 15.0. The molecule has 6 heteroatoms. The van der Waals surface area contributed by atoms with E-state index in [9.17, 15) is 0 Å². The second-order valence-electron chi connectivity index (χ2n) is 4.62. The largest absolute Gasteiger partial charge is 0.394 e. The quantitative estimate of drug-likeness (QED) is 0.452. The van der Waals surface area contributed by atoms with Crippen molar-refractivity contribution in [3.05, 3.63) is 0 Å². The van der Waals surface area contributed by atoms with E-state index in [-0.39, 0.29) is 18.8 Å². The summed E-state index contributed by atoms with van der Waals surface area (Å²) < 4.78 is 26.7. The topological polar surface area (TPSA) is 66.4 Å². The Morgan fingerprint density at radius 2 is 1.20 bits per heavy atom. The van der Waals surface area contributed by atoms with E-state index in [0.29, 0.717) is 52.9 Å². The molecule has 0 aromatic rings. The molecule has 0 rings (SSSR count). The summed E-state index contributed by atoms with van der Waals surface area (Å²) in [7, 11) is 0. The Morgan fingerprint density at radius 1 is 0.700 bits per heavy atom. The van der Waals surface area contributed by atoms with Crippen molar-refractivity contribution >= 4 is 0 Å². The number of hydrogen-bond donors (Lipinski definition) is 1. The third-order valence-corrected chi connectivity index (χ3v) is 2.27. The van der Waals surface area contributed by atoms with Gasteiger partial charge in [0.1, 0.15) is 0 Å². The summed E-state index contributed by atoms with van der Waals surface area (Å²) in [5.41, 5.74) is 0. The highest BCUT2D eigenvalue weighted by molar-refractivity contribution is 4.48. The summed E-state index contributed by atoms with van der Waals surface area (Å²) in [6, 6.07) is 0. The van der Waals surface area contributed by atoms with Gasteiger partial charge in [-0.25, -0.2) is 0 Å². The molecule has 0 saturated heterocycles. The summed E-state index contributed by atoms with van der Waals surface area (Å²) >= 11 is 0. The predicted molar refractivity (Wildman–Crippen MR) is 76.0 cm³/mol. The molecule has 1 N–H and O–H groups in total. The van der Waals surface area contributed by atoms with E-state index in [4.69, 9.17) is 28.8 Å². The molecule has 0 amide bonds. The minimum absolute atomic E-state index is 0.0454. The average Bonchev–Trinajstić information content (AvgIpc) is 2.42. The van der Waals surface area contributed by atoms with Crippen LogP contribution < -0.4 is 0 Å². The predicted octanol–water partition coefficient (Wildman–Crippen LogP) is 0.859. The molecule has 0 spiro atoms. The molecule has 0 radical (unpaired) electrons. The summed E-state index contributed by atoms with van der Waals surface area (Å²) in [5, 5.41) is 8.48. The molecule has 0 heterocycles. The van der Waals surface area contributed by atoms with E-state index >= 15 is 0 Å². The van der Waals surface area contributed by atoms with Crippen LogP contribution in [-0.4, -0.2) is 76.8 Å². The Balaban J connectivity index is 3.09. The van der Waals surface area contributed by atoms with Gasteiger partial charge in [-0.3, -0.25) is 0 Å². The third-order valence-electron chi connectivity index (χ3n) is 2.27. The molecule has 0 aliphatic rings. The van der Waals surface area contributed by atoms with Crippen LogP contribution in [-0.2, 0) is 23.7 Å². The Bertz CT molecular complexity index is 189. The fourth-order valence-electron chi connectivity index (χ4n) is 1.29. The third kappa shape index (κ3) is 15.8. The Hall–Kier alpha value is -0.240. The number of hydrogen-bond acceptors (Lipinski definition) is 6. The average molecular weight is 294 g/mol. The van der Waals surface area contributed by atoms with Crippen LogP contribution in [0.4, 0.5) is 0 Å². The van der Waals surface area contributed by atoms with Gasteiger partial charge in [-0.1, -0.05) is 0 Å². The second kappa shape index (κ2) is 15.2. The van der Waals surface area contributed by atoms with Crippen molar-refractivity contribution < 1.29 is 28.8 Å². The van der Waals surface area contributed by atoms with Crippen LogP contribution in [0.15, 0.2) is 0 Å². The second-order valence-corrected chi connectivity index (χ2v) is 4.62. The van der Waals surface area contributed by atoms with Gasteiger partial charge >= 0.3 is 0 Å². The standard InChI is InChI=1S/C14H30O6/c1-13(2)20-12-14(3)19-11-10-18-9-8-17-7-6-16-5-4-15/h13-15H,4-12H2,1-3H3. The first-order valence-electron chi connectivity index (χ1n) is 7.24.